The number of hydrogen-bond acceptors (Lipinski definition) is 4. The molecule has 1 aliphatic rings. The van der Waals surface area contributed by atoms with Gasteiger partial charge in [0, 0.05) is 29.0 Å². The van der Waals surface area contributed by atoms with E-state index in [4.69, 9.17) is 4.74 Å². The number of nitrogens with one attached hydrogen (secondary N) is 2. The molecule has 8 heteroatoms. The first-order valence-electron chi connectivity index (χ1n) is 8.52. The molecule has 0 atom stereocenters. The molecular formula is C19H17BrN4O3. The largest absolute Gasteiger partial charge is 0.484 e. The Labute approximate surface area is 163 Å². The Morgan fingerprint density at radius 3 is 3.04 bits per heavy atom. The number of pyridine rings is 1. The fourth-order valence-electron chi connectivity index (χ4n) is 2.94. The highest BCUT2D eigenvalue weighted by Crippen LogP contribution is 2.26. The second-order valence-electron chi connectivity index (χ2n) is 6.28. The lowest BCUT2D eigenvalue weighted by Crippen LogP contribution is -2.28. The van der Waals surface area contributed by atoms with Gasteiger partial charge in [0.2, 0.25) is 5.91 Å². The highest BCUT2D eigenvalue weighted by Gasteiger charge is 2.15. The lowest BCUT2D eigenvalue weighted by atomic mass is 10.0. The number of hydrogen-bond donors (Lipinski definition) is 2. The molecule has 2 aromatic heterocycles. The maximum absolute atomic E-state index is 12.1. The number of rotatable bonds is 5. The van der Waals surface area contributed by atoms with Crippen LogP contribution in [-0.2, 0) is 22.6 Å². The Kier molecular flexibility index (Phi) is 4.81. The number of imidazole rings is 1. The SMILES string of the molecule is O=C(COc1ccc2c(c1)CCC(=O)N2)NCc1cn2cc(Br)ccc2n1. The molecule has 0 spiro atoms. The van der Waals surface area contributed by atoms with Crippen molar-refractivity contribution in [2.24, 2.45) is 0 Å². The molecular weight excluding hydrogens is 412 g/mol. The van der Waals surface area contributed by atoms with Crippen LogP contribution in [0.15, 0.2) is 47.2 Å². The monoisotopic (exact) mass is 428 g/mol. The van der Waals surface area contributed by atoms with Gasteiger partial charge < -0.3 is 19.8 Å². The molecule has 0 unspecified atom stereocenters. The molecule has 1 aromatic carbocycles. The maximum atomic E-state index is 12.1. The van der Waals surface area contributed by atoms with Crippen molar-refractivity contribution >= 4 is 39.1 Å². The molecule has 0 radical (unpaired) electrons. The third-order valence-corrected chi connectivity index (χ3v) is 4.74. The normalized spacial score (nSPS) is 13.1. The van der Waals surface area contributed by atoms with Crippen LogP contribution in [0, 0.1) is 0 Å². The van der Waals surface area contributed by atoms with Gasteiger partial charge in [0.15, 0.2) is 6.61 Å². The molecule has 138 valence electrons. The van der Waals surface area contributed by atoms with Gasteiger partial charge in [-0.25, -0.2) is 4.98 Å². The Morgan fingerprint density at radius 1 is 1.26 bits per heavy atom. The number of fused-ring (bicyclic) bond motifs is 2. The van der Waals surface area contributed by atoms with Gasteiger partial charge in [-0.1, -0.05) is 0 Å². The van der Waals surface area contributed by atoms with Crippen LogP contribution in [0.2, 0.25) is 0 Å². The van der Waals surface area contributed by atoms with Crippen LogP contribution in [-0.4, -0.2) is 27.8 Å². The Balaban J connectivity index is 1.31. The molecule has 2 amide bonds. The van der Waals surface area contributed by atoms with E-state index >= 15 is 0 Å². The lowest BCUT2D eigenvalue weighted by molar-refractivity contribution is -0.123. The van der Waals surface area contributed by atoms with Crippen molar-refractivity contribution in [3.8, 4) is 5.75 Å². The number of carbonyl (C=O) groups is 2. The number of aromatic nitrogens is 2. The van der Waals surface area contributed by atoms with E-state index in [0.717, 1.165) is 27.1 Å². The number of ether oxygens (including phenoxy) is 1. The molecule has 4 rings (SSSR count). The summed E-state index contributed by atoms with van der Waals surface area (Å²) in [6.45, 7) is 0.252. The number of nitrogens with zero attached hydrogens (tertiary/aromatic N) is 2. The summed E-state index contributed by atoms with van der Waals surface area (Å²) in [6, 6.07) is 9.23. The average molecular weight is 429 g/mol. The first-order valence-corrected chi connectivity index (χ1v) is 9.31. The number of anilines is 1. The standard InChI is InChI=1S/C19H17BrN4O3/c20-13-2-5-17-22-14(10-24(17)9-13)8-21-19(26)11-27-15-3-4-16-12(7-15)1-6-18(25)23-16/h2-5,7,9-10H,1,6,8,11H2,(H,21,26)(H,23,25). The molecule has 0 saturated heterocycles. The highest BCUT2D eigenvalue weighted by atomic mass is 79.9. The number of halogens is 1. The number of benzene rings is 1. The van der Waals surface area contributed by atoms with Crippen molar-refractivity contribution in [3.63, 3.8) is 0 Å². The molecule has 0 fully saturated rings. The summed E-state index contributed by atoms with van der Waals surface area (Å²) in [5.74, 6) is 0.409. The zero-order chi connectivity index (χ0) is 18.8. The third-order valence-electron chi connectivity index (χ3n) is 4.27. The molecule has 0 saturated carbocycles. The maximum Gasteiger partial charge on any atom is 0.258 e. The predicted octanol–water partition coefficient (Wildman–Crippen LogP) is 2.68. The van der Waals surface area contributed by atoms with Gasteiger partial charge in [0.25, 0.3) is 5.91 Å². The summed E-state index contributed by atoms with van der Waals surface area (Å²) in [4.78, 5) is 27.9. The van der Waals surface area contributed by atoms with Crippen molar-refractivity contribution in [2.45, 2.75) is 19.4 Å². The number of aryl methyl sites for hydroxylation is 1. The van der Waals surface area contributed by atoms with E-state index < -0.39 is 0 Å². The van der Waals surface area contributed by atoms with Crippen LogP contribution >= 0.6 is 15.9 Å². The van der Waals surface area contributed by atoms with Crippen LogP contribution in [0.3, 0.4) is 0 Å². The second-order valence-corrected chi connectivity index (χ2v) is 7.19. The van der Waals surface area contributed by atoms with Crippen LogP contribution in [0.25, 0.3) is 5.65 Å². The Morgan fingerprint density at radius 2 is 2.15 bits per heavy atom. The molecule has 1 aliphatic heterocycles. The number of carbonyl (C=O) groups excluding carboxylic acids is 2. The van der Waals surface area contributed by atoms with E-state index in [9.17, 15) is 9.59 Å². The quantitative estimate of drug-likeness (QED) is 0.653. The predicted molar refractivity (Wildman–Crippen MR) is 104 cm³/mol. The van der Waals surface area contributed by atoms with Crippen molar-refractivity contribution in [2.75, 3.05) is 11.9 Å². The summed E-state index contributed by atoms with van der Waals surface area (Å²) in [7, 11) is 0. The molecule has 0 bridgehead atoms. The van der Waals surface area contributed by atoms with E-state index in [2.05, 4.69) is 31.5 Å². The van der Waals surface area contributed by atoms with E-state index in [0.29, 0.717) is 25.1 Å². The van der Waals surface area contributed by atoms with E-state index in [1.807, 2.05) is 35.0 Å². The fourth-order valence-corrected chi connectivity index (χ4v) is 3.29. The van der Waals surface area contributed by atoms with Gasteiger partial charge in [0.1, 0.15) is 11.4 Å². The average Bonchev–Trinajstić information content (AvgIpc) is 3.06. The second kappa shape index (κ2) is 7.40. The van der Waals surface area contributed by atoms with Gasteiger partial charge >= 0.3 is 0 Å². The lowest BCUT2D eigenvalue weighted by Gasteiger charge is -2.17. The zero-order valence-electron chi connectivity index (χ0n) is 14.4. The fraction of sp³-hybridized carbons (Fsp3) is 0.211. The minimum Gasteiger partial charge on any atom is -0.484 e. The molecule has 27 heavy (non-hydrogen) atoms. The summed E-state index contributed by atoms with van der Waals surface area (Å²) >= 11 is 3.42. The molecule has 7 nitrogen and oxygen atoms in total. The minimum absolute atomic E-state index is 0.0230. The van der Waals surface area contributed by atoms with Crippen LogP contribution in [0.4, 0.5) is 5.69 Å². The van der Waals surface area contributed by atoms with Crippen molar-refractivity contribution in [1.82, 2.24) is 14.7 Å². The molecule has 0 aliphatic carbocycles. The van der Waals surface area contributed by atoms with Crippen LogP contribution in [0.5, 0.6) is 5.75 Å². The zero-order valence-corrected chi connectivity index (χ0v) is 16.0. The minimum atomic E-state index is -0.223. The van der Waals surface area contributed by atoms with Gasteiger partial charge in [-0.05, 0) is 58.2 Å². The van der Waals surface area contributed by atoms with Crippen molar-refractivity contribution in [1.29, 1.82) is 0 Å². The van der Waals surface area contributed by atoms with Crippen LogP contribution in [0.1, 0.15) is 17.7 Å². The third kappa shape index (κ3) is 4.11. The Bertz CT molecular complexity index is 1030. The van der Waals surface area contributed by atoms with Crippen molar-refractivity contribution in [3.05, 3.63) is 58.5 Å². The van der Waals surface area contributed by atoms with Gasteiger partial charge in [-0.15, -0.1) is 0 Å². The first kappa shape index (κ1) is 17.5. The number of amides is 2. The smallest absolute Gasteiger partial charge is 0.258 e. The van der Waals surface area contributed by atoms with E-state index in [1.165, 1.54) is 0 Å². The highest BCUT2D eigenvalue weighted by molar-refractivity contribution is 9.10. The van der Waals surface area contributed by atoms with Gasteiger partial charge in [-0.3, -0.25) is 9.59 Å². The summed E-state index contributed by atoms with van der Waals surface area (Å²) < 4.78 is 8.42. The molecule has 3 heterocycles. The van der Waals surface area contributed by atoms with Crippen molar-refractivity contribution < 1.29 is 14.3 Å². The first-order chi connectivity index (χ1) is 13.1. The van der Waals surface area contributed by atoms with E-state index in [1.54, 1.807) is 12.1 Å². The Hall–Kier alpha value is -2.87. The topological polar surface area (TPSA) is 84.7 Å². The van der Waals surface area contributed by atoms with Crippen LogP contribution < -0.4 is 15.4 Å². The molecule has 2 N–H and O–H groups in total. The van der Waals surface area contributed by atoms with E-state index in [-0.39, 0.29) is 18.4 Å². The van der Waals surface area contributed by atoms with Gasteiger partial charge in [-0.2, -0.15) is 0 Å². The summed E-state index contributed by atoms with van der Waals surface area (Å²) in [5.41, 5.74) is 3.41. The summed E-state index contributed by atoms with van der Waals surface area (Å²) in [6.07, 6.45) is 4.93. The molecule has 3 aromatic rings. The van der Waals surface area contributed by atoms with Gasteiger partial charge in [0.05, 0.1) is 12.2 Å². The summed E-state index contributed by atoms with van der Waals surface area (Å²) in [5, 5.41) is 5.62.